The van der Waals surface area contributed by atoms with Crippen molar-refractivity contribution in [3.63, 3.8) is 0 Å². The summed E-state index contributed by atoms with van der Waals surface area (Å²) in [4.78, 5) is 16.2. The van der Waals surface area contributed by atoms with Crippen LogP contribution in [-0.4, -0.2) is 23.0 Å². The number of nitrogens with zero attached hydrogens (tertiary/aromatic N) is 1. The number of carbonyl (C=O) groups excluding carboxylic acids is 1. The lowest BCUT2D eigenvalue weighted by Crippen LogP contribution is -2.29. The van der Waals surface area contributed by atoms with Crippen molar-refractivity contribution in [1.82, 2.24) is 5.32 Å². The van der Waals surface area contributed by atoms with Gasteiger partial charge in [-0.3, -0.25) is 9.79 Å². The van der Waals surface area contributed by atoms with Gasteiger partial charge in [-0.25, -0.2) is 0 Å². The fourth-order valence-electron chi connectivity index (χ4n) is 1.60. The summed E-state index contributed by atoms with van der Waals surface area (Å²) in [6.07, 6.45) is 0. The average Bonchev–Trinajstić information content (AvgIpc) is 2.67. The zero-order valence-corrected chi connectivity index (χ0v) is 10.7. The quantitative estimate of drug-likeness (QED) is 0.791. The van der Waals surface area contributed by atoms with E-state index in [0.717, 1.165) is 11.1 Å². The van der Waals surface area contributed by atoms with Crippen molar-refractivity contribution in [2.45, 2.75) is 19.2 Å². The summed E-state index contributed by atoms with van der Waals surface area (Å²) in [5.74, 6) is -0.119. The molecule has 1 aliphatic rings. The van der Waals surface area contributed by atoms with E-state index in [2.05, 4.69) is 10.3 Å². The third-order valence-electron chi connectivity index (χ3n) is 2.54. The Morgan fingerprint density at radius 1 is 1.53 bits per heavy atom. The highest BCUT2D eigenvalue weighted by molar-refractivity contribution is 8.14. The molecular formula is C12H15N3OS. The molecule has 1 unspecified atom stereocenters. The predicted octanol–water partition coefficient (Wildman–Crippen LogP) is 1.42. The molecule has 0 fully saturated rings. The average molecular weight is 249 g/mol. The summed E-state index contributed by atoms with van der Waals surface area (Å²) < 4.78 is 0. The van der Waals surface area contributed by atoms with Gasteiger partial charge < -0.3 is 11.1 Å². The minimum atomic E-state index is -0.119. The van der Waals surface area contributed by atoms with E-state index in [4.69, 9.17) is 5.73 Å². The zero-order chi connectivity index (χ0) is 12.4. The van der Waals surface area contributed by atoms with Gasteiger partial charge in [0.05, 0.1) is 11.9 Å². The van der Waals surface area contributed by atoms with Gasteiger partial charge in [-0.2, -0.15) is 0 Å². The second-order valence-corrected chi connectivity index (χ2v) is 5.30. The highest BCUT2D eigenvalue weighted by Crippen LogP contribution is 2.16. The first kappa shape index (κ1) is 12.1. The lowest BCUT2D eigenvalue weighted by Gasteiger charge is -2.08. The number of amides is 1. The molecule has 5 heteroatoms. The fourth-order valence-corrected chi connectivity index (χ4v) is 2.34. The second kappa shape index (κ2) is 4.89. The second-order valence-electron chi connectivity index (χ2n) is 4.07. The predicted molar refractivity (Wildman–Crippen MR) is 71.3 cm³/mol. The molecule has 3 N–H and O–H groups in total. The van der Waals surface area contributed by atoms with Crippen molar-refractivity contribution >= 4 is 22.8 Å². The molecule has 1 aromatic carbocycles. The topological polar surface area (TPSA) is 67.5 Å². The maximum atomic E-state index is 12.0. The van der Waals surface area contributed by atoms with Gasteiger partial charge in [-0.05, 0) is 25.5 Å². The number of aryl methyl sites for hydroxylation is 2. The largest absolute Gasteiger partial charge is 0.317 e. The fraction of sp³-hybridized carbons (Fsp3) is 0.333. The minimum absolute atomic E-state index is 0.0380. The Bertz CT molecular complexity index is 485. The van der Waals surface area contributed by atoms with Crippen molar-refractivity contribution in [2.75, 3.05) is 6.54 Å². The summed E-state index contributed by atoms with van der Waals surface area (Å²) in [7, 11) is 0. The molecule has 0 aliphatic carbocycles. The van der Waals surface area contributed by atoms with E-state index in [0.29, 0.717) is 17.3 Å². The summed E-state index contributed by atoms with van der Waals surface area (Å²) in [5.41, 5.74) is 8.41. The van der Waals surface area contributed by atoms with Crippen LogP contribution in [0, 0.1) is 13.8 Å². The lowest BCUT2D eigenvalue weighted by atomic mass is 10.1. The number of benzene rings is 1. The van der Waals surface area contributed by atoms with Crippen LogP contribution in [0.15, 0.2) is 23.2 Å². The molecule has 1 atom stereocenters. The normalized spacial score (nSPS) is 19.0. The SMILES string of the molecule is Cc1ccc(C)c(C(=O)NC2=NCC(N)S2)c1. The van der Waals surface area contributed by atoms with Gasteiger partial charge >= 0.3 is 0 Å². The molecule has 1 aromatic rings. The Hall–Kier alpha value is -1.33. The Morgan fingerprint density at radius 2 is 2.29 bits per heavy atom. The van der Waals surface area contributed by atoms with Crippen LogP contribution in [-0.2, 0) is 0 Å². The van der Waals surface area contributed by atoms with Crippen LogP contribution in [0.4, 0.5) is 0 Å². The van der Waals surface area contributed by atoms with E-state index in [1.165, 1.54) is 11.8 Å². The van der Waals surface area contributed by atoms with E-state index in [9.17, 15) is 4.79 Å². The van der Waals surface area contributed by atoms with E-state index in [-0.39, 0.29) is 11.3 Å². The number of rotatable bonds is 1. The van der Waals surface area contributed by atoms with E-state index < -0.39 is 0 Å². The van der Waals surface area contributed by atoms with Crippen LogP contribution >= 0.6 is 11.8 Å². The molecule has 0 bridgehead atoms. The number of thioether (sulfide) groups is 1. The molecule has 1 aliphatic heterocycles. The van der Waals surface area contributed by atoms with Crippen molar-refractivity contribution < 1.29 is 4.79 Å². The van der Waals surface area contributed by atoms with Crippen LogP contribution in [0.5, 0.6) is 0 Å². The van der Waals surface area contributed by atoms with Crippen LogP contribution in [0.25, 0.3) is 0 Å². The van der Waals surface area contributed by atoms with Crippen molar-refractivity contribution in [3.05, 3.63) is 34.9 Å². The Kier molecular flexibility index (Phi) is 3.49. The smallest absolute Gasteiger partial charge is 0.257 e. The zero-order valence-electron chi connectivity index (χ0n) is 9.86. The van der Waals surface area contributed by atoms with Gasteiger partial charge in [0, 0.05) is 5.56 Å². The Morgan fingerprint density at radius 3 is 2.94 bits per heavy atom. The molecular weight excluding hydrogens is 234 g/mol. The molecule has 0 spiro atoms. The van der Waals surface area contributed by atoms with Gasteiger partial charge in [0.1, 0.15) is 0 Å². The summed E-state index contributed by atoms with van der Waals surface area (Å²) >= 11 is 1.39. The van der Waals surface area contributed by atoms with Crippen LogP contribution in [0.3, 0.4) is 0 Å². The first-order valence-electron chi connectivity index (χ1n) is 5.41. The Labute approximate surface area is 105 Å². The number of nitrogens with one attached hydrogen (secondary N) is 1. The highest BCUT2D eigenvalue weighted by Gasteiger charge is 2.18. The molecule has 90 valence electrons. The van der Waals surface area contributed by atoms with Crippen molar-refractivity contribution in [1.29, 1.82) is 0 Å². The number of hydrogen-bond acceptors (Lipinski definition) is 4. The molecule has 4 nitrogen and oxygen atoms in total. The molecule has 0 aromatic heterocycles. The van der Waals surface area contributed by atoms with Crippen LogP contribution in [0.2, 0.25) is 0 Å². The molecule has 0 radical (unpaired) electrons. The summed E-state index contributed by atoms with van der Waals surface area (Å²) in [6.45, 7) is 4.45. The number of amidine groups is 1. The number of nitrogens with two attached hydrogens (primary N) is 1. The maximum absolute atomic E-state index is 12.0. The van der Waals surface area contributed by atoms with Crippen molar-refractivity contribution in [2.24, 2.45) is 10.7 Å². The van der Waals surface area contributed by atoms with Gasteiger partial charge in [0.2, 0.25) is 0 Å². The monoisotopic (exact) mass is 249 g/mol. The van der Waals surface area contributed by atoms with Crippen LogP contribution in [0.1, 0.15) is 21.5 Å². The van der Waals surface area contributed by atoms with Gasteiger partial charge in [-0.15, -0.1) is 0 Å². The van der Waals surface area contributed by atoms with E-state index in [1.807, 2.05) is 32.0 Å². The molecule has 2 rings (SSSR count). The summed E-state index contributed by atoms with van der Waals surface area (Å²) in [5, 5.41) is 3.36. The third kappa shape index (κ3) is 2.87. The van der Waals surface area contributed by atoms with E-state index >= 15 is 0 Å². The Balaban J connectivity index is 2.12. The first-order valence-corrected chi connectivity index (χ1v) is 6.29. The third-order valence-corrected chi connectivity index (χ3v) is 3.44. The van der Waals surface area contributed by atoms with Crippen molar-refractivity contribution in [3.8, 4) is 0 Å². The minimum Gasteiger partial charge on any atom is -0.317 e. The first-order chi connectivity index (χ1) is 8.06. The number of carbonyl (C=O) groups is 1. The maximum Gasteiger partial charge on any atom is 0.257 e. The molecule has 0 saturated carbocycles. The lowest BCUT2D eigenvalue weighted by molar-refractivity contribution is 0.0977. The van der Waals surface area contributed by atoms with Gasteiger partial charge in [-0.1, -0.05) is 29.5 Å². The van der Waals surface area contributed by atoms with Crippen LogP contribution < -0.4 is 11.1 Å². The van der Waals surface area contributed by atoms with Gasteiger partial charge in [0.15, 0.2) is 5.17 Å². The number of aliphatic imine (C=N–C) groups is 1. The highest BCUT2D eigenvalue weighted by atomic mass is 32.2. The van der Waals surface area contributed by atoms with E-state index in [1.54, 1.807) is 0 Å². The number of hydrogen-bond donors (Lipinski definition) is 2. The van der Waals surface area contributed by atoms with Gasteiger partial charge in [0.25, 0.3) is 5.91 Å². The molecule has 0 saturated heterocycles. The molecule has 1 heterocycles. The molecule has 1 amide bonds. The molecule has 17 heavy (non-hydrogen) atoms. The summed E-state index contributed by atoms with van der Waals surface area (Å²) in [6, 6.07) is 5.81. The standard InChI is InChI=1S/C12H15N3OS/c1-7-3-4-8(2)9(5-7)11(16)15-12-14-6-10(13)17-12/h3-5,10H,6,13H2,1-2H3,(H,14,15,16).